The van der Waals surface area contributed by atoms with E-state index in [0.717, 1.165) is 31.4 Å². The maximum Gasteiger partial charge on any atom is 0.169 e. The second kappa shape index (κ2) is 6.31. The van der Waals surface area contributed by atoms with Crippen LogP contribution in [-0.4, -0.2) is 36.9 Å². The first-order valence-electron chi connectivity index (χ1n) is 6.46. The molecule has 0 aliphatic carbocycles. The number of nitrogens with zero attached hydrogens (tertiary/aromatic N) is 4. The summed E-state index contributed by atoms with van der Waals surface area (Å²) in [6.45, 7) is 3.03. The van der Waals surface area contributed by atoms with Gasteiger partial charge in [0.25, 0.3) is 0 Å². The zero-order chi connectivity index (χ0) is 12.8. The fourth-order valence-corrected chi connectivity index (χ4v) is 2.43. The Bertz CT molecular complexity index is 418. The third-order valence-electron chi connectivity index (χ3n) is 3.54. The van der Waals surface area contributed by atoms with Gasteiger partial charge in [-0.05, 0) is 44.8 Å². The largest absolute Gasteiger partial charge is 0.354 e. The summed E-state index contributed by atoms with van der Waals surface area (Å²) in [7, 11) is 1.99. The van der Waals surface area contributed by atoms with Crippen LogP contribution in [0.4, 0.5) is 5.82 Å². The van der Waals surface area contributed by atoms with Gasteiger partial charge in [-0.2, -0.15) is 10.4 Å². The van der Waals surface area contributed by atoms with Gasteiger partial charge in [-0.25, -0.2) is 0 Å². The van der Waals surface area contributed by atoms with Crippen molar-refractivity contribution in [1.82, 2.24) is 15.5 Å². The summed E-state index contributed by atoms with van der Waals surface area (Å²) in [5, 5.41) is 20.2. The number of anilines is 1. The van der Waals surface area contributed by atoms with E-state index in [-0.39, 0.29) is 0 Å². The van der Waals surface area contributed by atoms with E-state index in [1.807, 2.05) is 7.05 Å². The smallest absolute Gasteiger partial charge is 0.169 e. The van der Waals surface area contributed by atoms with E-state index in [0.29, 0.717) is 5.56 Å². The van der Waals surface area contributed by atoms with Gasteiger partial charge in [-0.1, -0.05) is 0 Å². The molecule has 0 unspecified atom stereocenters. The van der Waals surface area contributed by atoms with Crippen LogP contribution in [0.1, 0.15) is 24.8 Å². The van der Waals surface area contributed by atoms with Crippen LogP contribution in [0, 0.1) is 17.2 Å². The molecule has 0 bridgehead atoms. The second-order valence-corrected chi connectivity index (χ2v) is 4.70. The molecule has 18 heavy (non-hydrogen) atoms. The molecule has 0 spiro atoms. The van der Waals surface area contributed by atoms with Gasteiger partial charge in [0, 0.05) is 13.1 Å². The summed E-state index contributed by atoms with van der Waals surface area (Å²) >= 11 is 0. The van der Waals surface area contributed by atoms with Crippen LogP contribution in [0.3, 0.4) is 0 Å². The number of hydrogen-bond donors (Lipinski definition) is 1. The molecule has 0 amide bonds. The number of rotatable bonds is 4. The highest BCUT2D eigenvalue weighted by molar-refractivity contribution is 5.52. The fourth-order valence-electron chi connectivity index (χ4n) is 2.43. The molecule has 0 saturated carbocycles. The Morgan fingerprint density at radius 2 is 2.28 bits per heavy atom. The van der Waals surface area contributed by atoms with E-state index in [2.05, 4.69) is 26.5 Å². The van der Waals surface area contributed by atoms with Crippen molar-refractivity contribution < 1.29 is 0 Å². The lowest BCUT2D eigenvalue weighted by atomic mass is 9.93. The lowest BCUT2D eigenvalue weighted by Crippen LogP contribution is -2.35. The molecule has 1 N–H and O–H groups in total. The Morgan fingerprint density at radius 1 is 1.50 bits per heavy atom. The second-order valence-electron chi connectivity index (χ2n) is 4.70. The molecule has 1 aliphatic rings. The van der Waals surface area contributed by atoms with E-state index >= 15 is 0 Å². The van der Waals surface area contributed by atoms with Crippen LogP contribution in [0.2, 0.25) is 0 Å². The standard InChI is InChI=1S/C13H19N5/c1-15-6-2-11-4-8-18(9-5-11)13-12(10-14)3-7-16-17-13/h3,7,11,15H,2,4-6,8-9H2,1H3. The summed E-state index contributed by atoms with van der Waals surface area (Å²) < 4.78 is 0. The highest BCUT2D eigenvalue weighted by Gasteiger charge is 2.21. The van der Waals surface area contributed by atoms with E-state index in [9.17, 15) is 0 Å². The minimum atomic E-state index is 0.624. The Kier molecular flexibility index (Phi) is 4.48. The first-order chi connectivity index (χ1) is 8.85. The monoisotopic (exact) mass is 245 g/mol. The molecule has 1 aromatic rings. The van der Waals surface area contributed by atoms with E-state index < -0.39 is 0 Å². The first kappa shape index (κ1) is 12.8. The average Bonchev–Trinajstić information content (AvgIpc) is 2.45. The van der Waals surface area contributed by atoms with Crippen LogP contribution in [0.5, 0.6) is 0 Å². The minimum Gasteiger partial charge on any atom is -0.354 e. The third kappa shape index (κ3) is 2.96. The third-order valence-corrected chi connectivity index (χ3v) is 3.54. The molecule has 0 aromatic carbocycles. The predicted octanol–water partition coefficient (Wildman–Crippen LogP) is 1.17. The molecular formula is C13H19N5. The summed E-state index contributed by atoms with van der Waals surface area (Å²) in [6.07, 6.45) is 5.14. The lowest BCUT2D eigenvalue weighted by molar-refractivity contribution is 0.376. The summed E-state index contributed by atoms with van der Waals surface area (Å²) in [6, 6.07) is 3.92. The van der Waals surface area contributed by atoms with Crippen molar-refractivity contribution in [2.45, 2.75) is 19.3 Å². The minimum absolute atomic E-state index is 0.624. The van der Waals surface area contributed by atoms with Crippen LogP contribution in [0.25, 0.3) is 0 Å². The highest BCUT2D eigenvalue weighted by atomic mass is 15.3. The van der Waals surface area contributed by atoms with E-state index in [1.54, 1.807) is 12.3 Å². The number of hydrogen-bond acceptors (Lipinski definition) is 5. The molecule has 5 nitrogen and oxygen atoms in total. The zero-order valence-electron chi connectivity index (χ0n) is 10.8. The molecular weight excluding hydrogens is 226 g/mol. The van der Waals surface area contributed by atoms with Crippen LogP contribution in [-0.2, 0) is 0 Å². The molecule has 0 radical (unpaired) electrons. The van der Waals surface area contributed by atoms with Gasteiger partial charge in [-0.15, -0.1) is 5.10 Å². The molecule has 2 rings (SSSR count). The van der Waals surface area contributed by atoms with E-state index in [1.165, 1.54) is 19.3 Å². The van der Waals surface area contributed by atoms with Crippen LogP contribution < -0.4 is 10.2 Å². The molecule has 2 heterocycles. The van der Waals surface area contributed by atoms with Crippen molar-refractivity contribution in [3.8, 4) is 6.07 Å². The van der Waals surface area contributed by atoms with Gasteiger partial charge in [0.1, 0.15) is 6.07 Å². The number of nitriles is 1. The van der Waals surface area contributed by atoms with Crippen LogP contribution in [0.15, 0.2) is 12.3 Å². The Morgan fingerprint density at radius 3 is 2.94 bits per heavy atom. The molecule has 5 heteroatoms. The molecule has 96 valence electrons. The fraction of sp³-hybridized carbons (Fsp3) is 0.615. The average molecular weight is 245 g/mol. The summed E-state index contributed by atoms with van der Waals surface area (Å²) in [5.74, 6) is 1.53. The van der Waals surface area contributed by atoms with Gasteiger partial charge >= 0.3 is 0 Å². The van der Waals surface area contributed by atoms with Gasteiger partial charge < -0.3 is 10.2 Å². The summed E-state index contributed by atoms with van der Waals surface area (Å²) in [5.41, 5.74) is 0.624. The van der Waals surface area contributed by atoms with Gasteiger partial charge in [0.2, 0.25) is 0 Å². The first-order valence-corrected chi connectivity index (χ1v) is 6.46. The number of nitrogens with one attached hydrogen (secondary N) is 1. The molecule has 1 aromatic heterocycles. The van der Waals surface area contributed by atoms with Crippen molar-refractivity contribution in [2.75, 3.05) is 31.6 Å². The maximum atomic E-state index is 9.06. The van der Waals surface area contributed by atoms with Gasteiger partial charge in [0.05, 0.1) is 11.8 Å². The SMILES string of the molecule is CNCCC1CCN(c2nnccc2C#N)CC1. The van der Waals surface area contributed by atoms with Crippen LogP contribution >= 0.6 is 0 Å². The molecule has 1 fully saturated rings. The molecule has 1 saturated heterocycles. The summed E-state index contributed by atoms with van der Waals surface area (Å²) in [4.78, 5) is 2.18. The Hall–Kier alpha value is -1.67. The molecule has 0 atom stereocenters. The van der Waals surface area contributed by atoms with Crippen molar-refractivity contribution in [2.24, 2.45) is 5.92 Å². The van der Waals surface area contributed by atoms with Gasteiger partial charge in [0.15, 0.2) is 5.82 Å². The molecule has 1 aliphatic heterocycles. The van der Waals surface area contributed by atoms with E-state index in [4.69, 9.17) is 5.26 Å². The normalized spacial score (nSPS) is 16.6. The number of piperidine rings is 1. The van der Waals surface area contributed by atoms with Gasteiger partial charge in [-0.3, -0.25) is 0 Å². The van der Waals surface area contributed by atoms with Crippen molar-refractivity contribution in [3.05, 3.63) is 17.8 Å². The quantitative estimate of drug-likeness (QED) is 0.862. The maximum absolute atomic E-state index is 9.06. The lowest BCUT2D eigenvalue weighted by Gasteiger charge is -2.32. The highest BCUT2D eigenvalue weighted by Crippen LogP contribution is 2.25. The Labute approximate surface area is 108 Å². The van der Waals surface area contributed by atoms with Crippen molar-refractivity contribution >= 4 is 5.82 Å². The Balaban J connectivity index is 1.95. The predicted molar refractivity (Wildman–Crippen MR) is 70.2 cm³/mol. The van der Waals surface area contributed by atoms with Crippen molar-refractivity contribution in [3.63, 3.8) is 0 Å². The zero-order valence-corrected chi connectivity index (χ0v) is 10.8. The number of aromatic nitrogens is 2. The van der Waals surface area contributed by atoms with Crippen molar-refractivity contribution in [1.29, 1.82) is 5.26 Å². The topological polar surface area (TPSA) is 64.8 Å².